The third-order valence-corrected chi connectivity index (χ3v) is 2.67. The number of rotatable bonds is 1. The van der Waals surface area contributed by atoms with Crippen LogP contribution in [-0.4, -0.2) is 4.98 Å². The number of hydrogen-bond acceptors (Lipinski definition) is 1. The lowest BCUT2D eigenvalue weighted by molar-refractivity contribution is 0.345. The molecule has 0 fully saturated rings. The summed E-state index contributed by atoms with van der Waals surface area (Å²) in [7, 11) is 0. The van der Waals surface area contributed by atoms with Gasteiger partial charge in [-0.1, -0.05) is 6.92 Å². The van der Waals surface area contributed by atoms with E-state index in [2.05, 4.69) is 4.98 Å². The molecule has 0 unspecified atom stereocenters. The van der Waals surface area contributed by atoms with Crippen LogP contribution in [-0.2, 0) is 24.4 Å². The van der Waals surface area contributed by atoms with E-state index in [9.17, 15) is 5.11 Å². The van der Waals surface area contributed by atoms with E-state index in [1.807, 2.05) is 6.92 Å². The Hall–Kier alpha value is -1.05. The summed E-state index contributed by atoms with van der Waals surface area (Å²) in [6.07, 6.45) is 5.13. The van der Waals surface area contributed by atoms with E-state index in [0.29, 0.717) is 0 Å². The third-order valence-electron chi connectivity index (χ3n) is 2.67. The van der Waals surface area contributed by atoms with Gasteiger partial charge in [0.1, 0.15) is 0 Å². The molecule has 1 aliphatic carbocycles. The molecule has 0 bridgehead atoms. The Kier molecular flexibility index (Phi) is 2.21. The maximum atomic E-state index is 11.6. The molecule has 0 amide bonds. The molecule has 1 aliphatic rings. The lowest BCUT2D eigenvalue weighted by Crippen LogP contribution is -2.06. The van der Waals surface area contributed by atoms with E-state index >= 15 is 0 Å². The summed E-state index contributed by atoms with van der Waals surface area (Å²) in [6, 6.07) is 1.70. The van der Waals surface area contributed by atoms with Crippen molar-refractivity contribution >= 4 is 0 Å². The first kappa shape index (κ1) is 8.54. The zero-order valence-electron chi connectivity index (χ0n) is 7.97. The highest BCUT2D eigenvalue weighted by atomic mass is 16.3. The van der Waals surface area contributed by atoms with Crippen molar-refractivity contribution in [1.29, 1.82) is 0 Å². The summed E-state index contributed by atoms with van der Waals surface area (Å²) in [6.45, 7) is 2.04. The second-order valence-electron chi connectivity index (χ2n) is 3.60. The fourth-order valence-corrected chi connectivity index (χ4v) is 1.90. The average molecular weight is 176 g/mol. The van der Waals surface area contributed by atoms with Gasteiger partial charge < -0.3 is 0 Å². The van der Waals surface area contributed by atoms with Crippen LogP contribution in [0.2, 0.25) is 0 Å². The van der Waals surface area contributed by atoms with Gasteiger partial charge in [-0.25, -0.2) is 0 Å². The van der Waals surface area contributed by atoms with Crippen LogP contribution in [0.1, 0.15) is 36.7 Å². The van der Waals surface area contributed by atoms with Gasteiger partial charge in [0.05, 0.1) is 0 Å². The van der Waals surface area contributed by atoms with Crippen LogP contribution in [0.15, 0.2) is 6.07 Å². The molecule has 2 rings (SSSR count). The SMILES string of the molecule is CCc1cc([O])c2c(n1)CCCC2. The van der Waals surface area contributed by atoms with Crippen LogP contribution in [0.3, 0.4) is 0 Å². The van der Waals surface area contributed by atoms with Gasteiger partial charge in [0, 0.05) is 23.0 Å². The highest BCUT2D eigenvalue weighted by Gasteiger charge is 2.16. The minimum absolute atomic E-state index is 0.210. The number of pyridine rings is 1. The van der Waals surface area contributed by atoms with Crippen LogP contribution >= 0.6 is 0 Å². The van der Waals surface area contributed by atoms with Crippen molar-refractivity contribution < 1.29 is 5.11 Å². The Morgan fingerprint density at radius 1 is 1.38 bits per heavy atom. The zero-order valence-corrected chi connectivity index (χ0v) is 7.97. The maximum Gasteiger partial charge on any atom is 0.185 e. The number of aromatic nitrogens is 1. The van der Waals surface area contributed by atoms with Gasteiger partial charge in [-0.05, 0) is 32.1 Å². The highest BCUT2D eigenvalue weighted by Crippen LogP contribution is 2.28. The van der Waals surface area contributed by atoms with Crippen molar-refractivity contribution in [2.24, 2.45) is 0 Å². The zero-order chi connectivity index (χ0) is 9.26. The fourth-order valence-electron chi connectivity index (χ4n) is 1.90. The summed E-state index contributed by atoms with van der Waals surface area (Å²) in [5, 5.41) is 11.6. The molecule has 0 atom stereocenters. The molecule has 13 heavy (non-hydrogen) atoms. The van der Waals surface area contributed by atoms with Crippen LogP contribution in [0.4, 0.5) is 0 Å². The molecule has 0 aliphatic heterocycles. The molecule has 0 spiro atoms. The first-order chi connectivity index (χ1) is 6.31. The number of hydrogen-bond donors (Lipinski definition) is 0. The monoisotopic (exact) mass is 176 g/mol. The van der Waals surface area contributed by atoms with E-state index < -0.39 is 0 Å². The van der Waals surface area contributed by atoms with Gasteiger partial charge in [-0.15, -0.1) is 0 Å². The molecular weight excluding hydrogens is 162 g/mol. The first-order valence-corrected chi connectivity index (χ1v) is 5.00. The predicted molar refractivity (Wildman–Crippen MR) is 50.4 cm³/mol. The van der Waals surface area contributed by atoms with E-state index in [1.54, 1.807) is 6.07 Å². The normalized spacial score (nSPS) is 15.5. The number of fused-ring (bicyclic) bond motifs is 1. The summed E-state index contributed by atoms with van der Waals surface area (Å²) >= 11 is 0. The van der Waals surface area contributed by atoms with E-state index in [-0.39, 0.29) is 5.75 Å². The average Bonchev–Trinajstić information content (AvgIpc) is 2.18. The lowest BCUT2D eigenvalue weighted by Gasteiger charge is -2.15. The summed E-state index contributed by atoms with van der Waals surface area (Å²) in [5.41, 5.74) is 2.99. The number of aryl methyl sites for hydroxylation is 2. The predicted octanol–water partition coefficient (Wildman–Crippen LogP) is 2.67. The van der Waals surface area contributed by atoms with E-state index in [0.717, 1.165) is 42.6 Å². The molecule has 1 heterocycles. The summed E-state index contributed by atoms with van der Waals surface area (Å²) in [4.78, 5) is 4.49. The lowest BCUT2D eigenvalue weighted by atomic mass is 9.95. The first-order valence-electron chi connectivity index (χ1n) is 5.00. The maximum absolute atomic E-state index is 11.6. The molecule has 2 heteroatoms. The molecule has 0 saturated heterocycles. The topological polar surface area (TPSA) is 32.8 Å². The van der Waals surface area contributed by atoms with Crippen LogP contribution < -0.4 is 0 Å². The standard InChI is InChI=1S/C11H14NO/c1-2-8-7-11(13)9-5-3-4-6-10(9)12-8/h7H,2-6H2,1H3. The Morgan fingerprint density at radius 2 is 2.15 bits per heavy atom. The van der Waals surface area contributed by atoms with Gasteiger partial charge in [-0.3, -0.25) is 10.1 Å². The molecule has 1 radical (unpaired) electrons. The smallest absolute Gasteiger partial charge is 0.185 e. The van der Waals surface area contributed by atoms with Crippen molar-refractivity contribution in [1.82, 2.24) is 4.98 Å². The Labute approximate surface area is 78.6 Å². The Balaban J connectivity index is 2.47. The van der Waals surface area contributed by atoms with Crippen LogP contribution in [0, 0.1) is 0 Å². The second-order valence-corrected chi connectivity index (χ2v) is 3.60. The molecule has 0 N–H and O–H groups in total. The summed E-state index contributed by atoms with van der Waals surface area (Å²) < 4.78 is 0. The highest BCUT2D eigenvalue weighted by molar-refractivity contribution is 5.38. The Morgan fingerprint density at radius 3 is 2.92 bits per heavy atom. The molecular formula is C11H14NO. The molecule has 0 aromatic carbocycles. The number of nitrogens with zero attached hydrogens (tertiary/aromatic N) is 1. The van der Waals surface area contributed by atoms with Gasteiger partial charge in [-0.2, -0.15) is 0 Å². The van der Waals surface area contributed by atoms with Crippen LogP contribution in [0.25, 0.3) is 0 Å². The van der Waals surface area contributed by atoms with Crippen molar-refractivity contribution in [3.05, 3.63) is 23.0 Å². The van der Waals surface area contributed by atoms with Crippen molar-refractivity contribution in [3.8, 4) is 5.75 Å². The van der Waals surface area contributed by atoms with E-state index in [4.69, 9.17) is 0 Å². The quantitative estimate of drug-likeness (QED) is 0.647. The van der Waals surface area contributed by atoms with Gasteiger partial charge in [0.15, 0.2) is 5.75 Å². The molecule has 69 valence electrons. The molecule has 1 aromatic rings. The third kappa shape index (κ3) is 1.53. The van der Waals surface area contributed by atoms with E-state index in [1.165, 1.54) is 6.42 Å². The molecule has 2 nitrogen and oxygen atoms in total. The van der Waals surface area contributed by atoms with Crippen molar-refractivity contribution in [3.63, 3.8) is 0 Å². The second kappa shape index (κ2) is 3.36. The largest absolute Gasteiger partial charge is 0.290 e. The minimum atomic E-state index is 0.210. The molecule has 0 saturated carbocycles. The van der Waals surface area contributed by atoms with Gasteiger partial charge >= 0.3 is 0 Å². The molecule has 1 aromatic heterocycles. The van der Waals surface area contributed by atoms with Gasteiger partial charge in [0.25, 0.3) is 0 Å². The van der Waals surface area contributed by atoms with Crippen molar-refractivity contribution in [2.45, 2.75) is 39.0 Å². The fraction of sp³-hybridized carbons (Fsp3) is 0.545. The van der Waals surface area contributed by atoms with Crippen LogP contribution in [0.5, 0.6) is 5.75 Å². The summed E-state index contributed by atoms with van der Waals surface area (Å²) in [5.74, 6) is 0.210. The van der Waals surface area contributed by atoms with Crippen molar-refractivity contribution in [2.75, 3.05) is 0 Å². The van der Waals surface area contributed by atoms with Gasteiger partial charge in [0.2, 0.25) is 0 Å². The minimum Gasteiger partial charge on any atom is -0.290 e. The Bertz CT molecular complexity index is 320.